The first kappa shape index (κ1) is 16.6. The predicted molar refractivity (Wildman–Crippen MR) is 90.9 cm³/mol. The van der Waals surface area contributed by atoms with Crippen molar-refractivity contribution in [1.29, 1.82) is 0 Å². The number of hydrogen-bond donors (Lipinski definition) is 3. The molecule has 1 aromatic carbocycles. The Kier molecular flexibility index (Phi) is 5.22. The molecule has 1 saturated heterocycles. The van der Waals surface area contributed by atoms with Crippen LogP contribution in [0.25, 0.3) is 11.0 Å². The Morgan fingerprint density at radius 2 is 2.25 bits per heavy atom. The number of carbonyl (C=O) groups excluding carboxylic acids is 1. The van der Waals surface area contributed by atoms with Gasteiger partial charge in [-0.3, -0.25) is 9.59 Å². The summed E-state index contributed by atoms with van der Waals surface area (Å²) in [4.78, 5) is 33.3. The maximum absolute atomic E-state index is 12.2. The van der Waals surface area contributed by atoms with E-state index in [2.05, 4.69) is 20.2 Å². The molecule has 1 aliphatic rings. The van der Waals surface area contributed by atoms with Crippen LogP contribution in [-0.4, -0.2) is 58.7 Å². The molecule has 2 aromatic rings. The largest absolute Gasteiger partial charge is 0.396 e. The number of H-pyrrole nitrogens is 1. The highest BCUT2D eigenvalue weighted by molar-refractivity contribution is 5.93. The number of benzene rings is 1. The van der Waals surface area contributed by atoms with Crippen LogP contribution in [0.4, 0.5) is 0 Å². The number of nitrogens with zero attached hydrogens (tertiary/aromatic N) is 2. The highest BCUT2D eigenvalue weighted by Crippen LogP contribution is 2.14. The number of aromatic amines is 1. The van der Waals surface area contributed by atoms with Gasteiger partial charge in [0.2, 0.25) is 0 Å². The lowest BCUT2D eigenvalue weighted by atomic mass is 9.99. The Morgan fingerprint density at radius 3 is 3.08 bits per heavy atom. The molecule has 3 N–H and O–H groups in total. The number of aromatic nitrogens is 2. The molecule has 0 saturated carbocycles. The van der Waals surface area contributed by atoms with Gasteiger partial charge < -0.3 is 20.3 Å². The molecule has 0 unspecified atom stereocenters. The number of likely N-dealkylation sites (tertiary alicyclic amines) is 1. The summed E-state index contributed by atoms with van der Waals surface area (Å²) in [5, 5.41) is 12.0. The van der Waals surface area contributed by atoms with Gasteiger partial charge in [0, 0.05) is 26.2 Å². The van der Waals surface area contributed by atoms with Crippen LogP contribution >= 0.6 is 0 Å². The number of para-hydroxylation sites is 2. The predicted octanol–water partition coefficient (Wildman–Crippen LogP) is 0.357. The third-order valence-corrected chi connectivity index (χ3v) is 4.39. The lowest BCUT2D eigenvalue weighted by Crippen LogP contribution is -2.42. The number of rotatable bonds is 5. The van der Waals surface area contributed by atoms with Crippen LogP contribution in [0, 0.1) is 5.92 Å². The van der Waals surface area contributed by atoms with E-state index in [0.29, 0.717) is 30.0 Å². The van der Waals surface area contributed by atoms with Crippen molar-refractivity contribution < 1.29 is 9.90 Å². The number of piperidine rings is 1. The van der Waals surface area contributed by atoms with Crippen LogP contribution in [0.2, 0.25) is 0 Å². The van der Waals surface area contributed by atoms with Crippen LogP contribution in [-0.2, 0) is 0 Å². The molecule has 7 nitrogen and oxygen atoms in total. The fourth-order valence-electron chi connectivity index (χ4n) is 3.10. The quantitative estimate of drug-likeness (QED) is 0.735. The SMILES string of the molecule is O=C(NCCN1CCC[C@H](CO)C1)c1nc2ccccc2[nH]c1=O. The van der Waals surface area contributed by atoms with Crippen molar-refractivity contribution in [2.75, 3.05) is 32.8 Å². The van der Waals surface area contributed by atoms with Gasteiger partial charge in [-0.1, -0.05) is 12.1 Å². The minimum Gasteiger partial charge on any atom is -0.396 e. The topological polar surface area (TPSA) is 98.3 Å². The van der Waals surface area contributed by atoms with Gasteiger partial charge in [0.15, 0.2) is 5.69 Å². The number of aliphatic hydroxyl groups excluding tert-OH is 1. The third kappa shape index (κ3) is 3.80. The summed E-state index contributed by atoms with van der Waals surface area (Å²) in [5.41, 5.74) is 0.608. The molecule has 1 aliphatic heterocycles. The van der Waals surface area contributed by atoms with E-state index in [4.69, 9.17) is 0 Å². The zero-order chi connectivity index (χ0) is 16.9. The third-order valence-electron chi connectivity index (χ3n) is 4.39. The molecule has 7 heteroatoms. The molecule has 0 aliphatic carbocycles. The molecule has 0 radical (unpaired) electrons. The standard InChI is InChI=1S/C17H22N4O3/c22-11-12-4-3-8-21(10-12)9-7-18-16(23)15-17(24)20-14-6-2-1-5-13(14)19-15/h1-2,5-6,12,22H,3-4,7-11H2,(H,18,23)(H,20,24)/t12-/m0/s1. The second-order valence-corrected chi connectivity index (χ2v) is 6.18. The van der Waals surface area contributed by atoms with Crippen molar-refractivity contribution in [3.05, 3.63) is 40.3 Å². The number of fused-ring (bicyclic) bond motifs is 1. The average molecular weight is 330 g/mol. The van der Waals surface area contributed by atoms with Gasteiger partial charge in [0.05, 0.1) is 11.0 Å². The second-order valence-electron chi connectivity index (χ2n) is 6.18. The first-order valence-corrected chi connectivity index (χ1v) is 8.28. The molecule has 1 atom stereocenters. The minimum atomic E-state index is -0.482. The van der Waals surface area contributed by atoms with Gasteiger partial charge in [-0.15, -0.1) is 0 Å². The van der Waals surface area contributed by atoms with E-state index >= 15 is 0 Å². The zero-order valence-electron chi connectivity index (χ0n) is 13.5. The van der Waals surface area contributed by atoms with Crippen molar-refractivity contribution in [2.24, 2.45) is 5.92 Å². The highest BCUT2D eigenvalue weighted by Gasteiger charge is 2.19. The van der Waals surface area contributed by atoms with Crippen LogP contribution < -0.4 is 10.9 Å². The van der Waals surface area contributed by atoms with E-state index in [-0.39, 0.29) is 12.3 Å². The summed E-state index contributed by atoms with van der Waals surface area (Å²) in [5.74, 6) is -0.142. The maximum atomic E-state index is 12.2. The van der Waals surface area contributed by atoms with Gasteiger partial charge in [-0.2, -0.15) is 0 Å². The average Bonchev–Trinajstić information content (AvgIpc) is 2.61. The number of hydrogen-bond acceptors (Lipinski definition) is 5. The van der Waals surface area contributed by atoms with Crippen molar-refractivity contribution >= 4 is 16.9 Å². The van der Waals surface area contributed by atoms with E-state index in [1.165, 1.54) is 0 Å². The van der Waals surface area contributed by atoms with Crippen molar-refractivity contribution in [1.82, 2.24) is 20.2 Å². The molecule has 1 fully saturated rings. The van der Waals surface area contributed by atoms with Crippen molar-refractivity contribution in [2.45, 2.75) is 12.8 Å². The Hall–Kier alpha value is -2.25. The first-order chi connectivity index (χ1) is 11.7. The smallest absolute Gasteiger partial charge is 0.280 e. The summed E-state index contributed by atoms with van der Waals surface area (Å²) in [6.07, 6.45) is 2.11. The maximum Gasteiger partial charge on any atom is 0.280 e. The van der Waals surface area contributed by atoms with Gasteiger partial charge in [0.25, 0.3) is 11.5 Å². The lowest BCUT2D eigenvalue weighted by molar-refractivity contribution is 0.0925. The van der Waals surface area contributed by atoms with Gasteiger partial charge in [-0.25, -0.2) is 4.98 Å². The van der Waals surface area contributed by atoms with E-state index in [1.807, 2.05) is 6.07 Å². The molecular formula is C17H22N4O3. The number of amides is 1. The fourth-order valence-corrected chi connectivity index (χ4v) is 3.10. The summed E-state index contributed by atoms with van der Waals surface area (Å²) < 4.78 is 0. The van der Waals surface area contributed by atoms with Gasteiger partial charge in [0.1, 0.15) is 0 Å². The molecule has 1 amide bonds. The van der Waals surface area contributed by atoms with E-state index < -0.39 is 11.5 Å². The lowest BCUT2D eigenvalue weighted by Gasteiger charge is -2.31. The molecule has 0 bridgehead atoms. The molecule has 2 heterocycles. The van der Waals surface area contributed by atoms with Crippen LogP contribution in [0.1, 0.15) is 23.3 Å². The number of carbonyl (C=O) groups is 1. The normalized spacial score (nSPS) is 18.6. The summed E-state index contributed by atoms with van der Waals surface area (Å²) >= 11 is 0. The van der Waals surface area contributed by atoms with Crippen LogP contribution in [0.15, 0.2) is 29.1 Å². The molecule has 1 aromatic heterocycles. The summed E-state index contributed by atoms with van der Waals surface area (Å²) in [6.45, 7) is 3.18. The van der Waals surface area contributed by atoms with Gasteiger partial charge >= 0.3 is 0 Å². The monoisotopic (exact) mass is 330 g/mol. The Bertz CT molecular complexity index is 774. The molecule has 0 spiro atoms. The molecule has 128 valence electrons. The van der Waals surface area contributed by atoms with Crippen molar-refractivity contribution in [3.8, 4) is 0 Å². The van der Waals surface area contributed by atoms with Crippen LogP contribution in [0.5, 0.6) is 0 Å². The van der Waals surface area contributed by atoms with Crippen molar-refractivity contribution in [3.63, 3.8) is 0 Å². The van der Waals surface area contributed by atoms with Gasteiger partial charge in [-0.05, 0) is 37.4 Å². The molecule has 24 heavy (non-hydrogen) atoms. The van der Waals surface area contributed by atoms with Crippen LogP contribution in [0.3, 0.4) is 0 Å². The molecule has 3 rings (SSSR count). The zero-order valence-corrected chi connectivity index (χ0v) is 13.5. The molecular weight excluding hydrogens is 308 g/mol. The minimum absolute atomic E-state index is 0.111. The number of aliphatic hydroxyl groups is 1. The first-order valence-electron chi connectivity index (χ1n) is 8.28. The Morgan fingerprint density at radius 1 is 1.42 bits per heavy atom. The summed E-state index contributed by atoms with van der Waals surface area (Å²) in [6, 6.07) is 7.12. The summed E-state index contributed by atoms with van der Waals surface area (Å²) in [7, 11) is 0. The van der Waals surface area contributed by atoms with E-state index in [9.17, 15) is 14.7 Å². The van der Waals surface area contributed by atoms with E-state index in [0.717, 1.165) is 25.9 Å². The number of nitrogens with one attached hydrogen (secondary N) is 2. The fraction of sp³-hybridized carbons (Fsp3) is 0.471. The Balaban J connectivity index is 1.59. The van der Waals surface area contributed by atoms with E-state index in [1.54, 1.807) is 18.2 Å². The Labute approximate surface area is 139 Å². The second kappa shape index (κ2) is 7.55. The highest BCUT2D eigenvalue weighted by atomic mass is 16.3.